The van der Waals surface area contributed by atoms with E-state index in [4.69, 9.17) is 9.47 Å². The van der Waals surface area contributed by atoms with Crippen LogP contribution in [0.25, 0.3) is 0 Å². The number of hydrogen-bond donors (Lipinski definition) is 0. The predicted octanol–water partition coefficient (Wildman–Crippen LogP) is 3.03. The van der Waals surface area contributed by atoms with Crippen molar-refractivity contribution < 1.29 is 83.4 Å². The minimum Gasteiger partial charge on any atom is -0.748 e. The first-order valence-electron chi connectivity index (χ1n) is 12.7. The Hall–Kier alpha value is -0.294. The standard InChI is InChI=1S/C26H42O7S.K/c1-2-3-4-5-6-7-8-9-10-11-12-13-16-20-32-25(27)23-18-14-15-19-24(23)26(28)33-21-17-22-34(29,30)31;/h14-15,18-19H,2-13,16-17,20-22H2,1H3,(H,29,30,31);/q;+1/p-1. The summed E-state index contributed by atoms with van der Waals surface area (Å²) in [5.74, 6) is -1.95. The molecule has 0 bridgehead atoms. The Morgan fingerprint density at radius 2 is 1.06 bits per heavy atom. The molecule has 0 aromatic heterocycles. The molecule has 0 atom stereocenters. The van der Waals surface area contributed by atoms with Gasteiger partial charge < -0.3 is 14.0 Å². The number of rotatable bonds is 20. The number of carbonyl (C=O) groups excluding carboxylic acids is 2. The van der Waals surface area contributed by atoms with Crippen LogP contribution in [0.3, 0.4) is 0 Å². The van der Waals surface area contributed by atoms with E-state index in [-0.39, 0.29) is 75.5 Å². The summed E-state index contributed by atoms with van der Waals surface area (Å²) in [5, 5.41) is 0. The second-order valence-electron chi connectivity index (χ2n) is 8.68. The summed E-state index contributed by atoms with van der Waals surface area (Å²) in [7, 11) is -4.35. The monoisotopic (exact) mass is 536 g/mol. The summed E-state index contributed by atoms with van der Waals surface area (Å²) < 4.78 is 42.1. The van der Waals surface area contributed by atoms with Gasteiger partial charge in [-0.3, -0.25) is 0 Å². The van der Waals surface area contributed by atoms with Gasteiger partial charge in [0.1, 0.15) is 0 Å². The molecule has 0 saturated carbocycles. The van der Waals surface area contributed by atoms with Crippen molar-refractivity contribution in [3.05, 3.63) is 35.4 Å². The van der Waals surface area contributed by atoms with Gasteiger partial charge in [0.2, 0.25) is 0 Å². The minimum absolute atomic E-state index is 0. The Bertz CT molecular complexity index is 812. The van der Waals surface area contributed by atoms with Crippen LogP contribution in [0.5, 0.6) is 0 Å². The normalized spacial score (nSPS) is 11.0. The number of benzene rings is 1. The van der Waals surface area contributed by atoms with E-state index in [0.29, 0.717) is 6.61 Å². The van der Waals surface area contributed by atoms with Gasteiger partial charge in [0.05, 0.1) is 34.5 Å². The average molecular weight is 537 g/mol. The molecule has 35 heavy (non-hydrogen) atoms. The summed E-state index contributed by atoms with van der Waals surface area (Å²) in [6, 6.07) is 6.17. The van der Waals surface area contributed by atoms with Crippen LogP contribution < -0.4 is 51.4 Å². The molecule has 1 rings (SSSR count). The fraction of sp³-hybridized carbons (Fsp3) is 0.692. The average Bonchev–Trinajstić information content (AvgIpc) is 2.81. The van der Waals surface area contributed by atoms with Gasteiger partial charge in [0.25, 0.3) is 0 Å². The van der Waals surface area contributed by atoms with Gasteiger partial charge in [-0.15, -0.1) is 0 Å². The molecular formula is C26H41KO7S. The molecule has 0 saturated heterocycles. The van der Waals surface area contributed by atoms with E-state index in [1.807, 2.05) is 0 Å². The second-order valence-corrected chi connectivity index (χ2v) is 10.2. The third-order valence-corrected chi connectivity index (χ3v) is 6.41. The molecule has 0 N–H and O–H groups in total. The topological polar surface area (TPSA) is 110 Å². The molecule has 0 spiro atoms. The maximum atomic E-state index is 12.4. The van der Waals surface area contributed by atoms with E-state index < -0.39 is 27.8 Å². The second kappa shape index (κ2) is 21.8. The molecule has 9 heteroatoms. The first kappa shape index (κ1) is 34.7. The molecule has 0 aliphatic rings. The van der Waals surface area contributed by atoms with Crippen molar-refractivity contribution in [2.45, 2.75) is 96.8 Å². The zero-order valence-electron chi connectivity index (χ0n) is 21.6. The smallest absolute Gasteiger partial charge is 0.748 e. The summed E-state index contributed by atoms with van der Waals surface area (Å²) in [4.78, 5) is 24.6. The van der Waals surface area contributed by atoms with Crippen molar-refractivity contribution in [1.82, 2.24) is 0 Å². The van der Waals surface area contributed by atoms with Crippen LogP contribution in [0.15, 0.2) is 24.3 Å². The van der Waals surface area contributed by atoms with E-state index in [1.165, 1.54) is 76.3 Å². The SMILES string of the molecule is CCCCCCCCCCCCCCCOC(=O)c1ccccc1C(=O)OCCCS(=O)(=O)[O-].[K+]. The van der Waals surface area contributed by atoms with Crippen LogP contribution in [0.1, 0.15) is 118 Å². The van der Waals surface area contributed by atoms with Crippen LogP contribution in [0.2, 0.25) is 0 Å². The van der Waals surface area contributed by atoms with Gasteiger partial charge in [-0.2, -0.15) is 0 Å². The molecule has 0 radical (unpaired) electrons. The Labute approximate surface area is 254 Å². The molecule has 0 fully saturated rings. The Morgan fingerprint density at radius 3 is 1.46 bits per heavy atom. The first-order valence-corrected chi connectivity index (χ1v) is 14.3. The van der Waals surface area contributed by atoms with Gasteiger partial charge in [-0.25, -0.2) is 18.0 Å². The molecule has 0 aliphatic heterocycles. The number of hydrogen-bond acceptors (Lipinski definition) is 7. The fourth-order valence-electron chi connectivity index (χ4n) is 3.68. The van der Waals surface area contributed by atoms with Crippen LogP contribution in [0, 0.1) is 0 Å². The van der Waals surface area contributed by atoms with Gasteiger partial charge in [0, 0.05) is 5.75 Å². The van der Waals surface area contributed by atoms with Gasteiger partial charge in [-0.05, 0) is 25.0 Å². The molecule has 7 nitrogen and oxygen atoms in total. The predicted molar refractivity (Wildman–Crippen MR) is 132 cm³/mol. The van der Waals surface area contributed by atoms with Gasteiger partial charge in [-0.1, -0.05) is 96.1 Å². The molecule has 0 amide bonds. The van der Waals surface area contributed by atoms with Gasteiger partial charge >= 0.3 is 63.3 Å². The molecule has 0 unspecified atom stereocenters. The number of unbranched alkanes of at least 4 members (excludes halogenated alkanes) is 12. The summed E-state index contributed by atoms with van der Waals surface area (Å²) in [6.07, 6.45) is 16.0. The molecule has 1 aromatic carbocycles. The van der Waals surface area contributed by atoms with Gasteiger partial charge in [0.15, 0.2) is 0 Å². The number of esters is 2. The maximum absolute atomic E-state index is 12.4. The third kappa shape index (κ3) is 18.6. The van der Waals surface area contributed by atoms with E-state index >= 15 is 0 Å². The number of ether oxygens (including phenoxy) is 2. The Morgan fingerprint density at radius 1 is 0.686 bits per heavy atom. The Kier molecular flexibility index (Phi) is 21.6. The zero-order valence-corrected chi connectivity index (χ0v) is 25.5. The first-order chi connectivity index (χ1) is 16.3. The summed E-state index contributed by atoms with van der Waals surface area (Å²) in [6.45, 7) is 2.31. The van der Waals surface area contributed by atoms with E-state index in [2.05, 4.69) is 6.92 Å². The van der Waals surface area contributed by atoms with Crippen LogP contribution in [-0.2, 0) is 19.6 Å². The molecular weight excluding hydrogens is 495 g/mol. The third-order valence-electron chi connectivity index (χ3n) is 5.62. The van der Waals surface area contributed by atoms with Crippen LogP contribution in [-0.4, -0.2) is 43.9 Å². The van der Waals surface area contributed by atoms with Crippen molar-refractivity contribution in [1.29, 1.82) is 0 Å². The largest absolute Gasteiger partial charge is 1.00 e. The van der Waals surface area contributed by atoms with Crippen molar-refractivity contribution in [2.75, 3.05) is 19.0 Å². The molecule has 1 aromatic rings. The summed E-state index contributed by atoms with van der Waals surface area (Å²) >= 11 is 0. The quantitative estimate of drug-likeness (QED) is 0.109. The van der Waals surface area contributed by atoms with Crippen molar-refractivity contribution >= 4 is 22.1 Å². The van der Waals surface area contributed by atoms with E-state index in [1.54, 1.807) is 12.1 Å². The van der Waals surface area contributed by atoms with E-state index in [9.17, 15) is 22.6 Å². The maximum Gasteiger partial charge on any atom is 1.00 e. The Balaban J connectivity index is 0.0000116. The molecule has 194 valence electrons. The minimum atomic E-state index is -4.35. The summed E-state index contributed by atoms with van der Waals surface area (Å²) in [5.41, 5.74) is 0.168. The number of carbonyl (C=O) groups is 2. The van der Waals surface area contributed by atoms with Crippen LogP contribution in [0.4, 0.5) is 0 Å². The molecule has 0 heterocycles. The van der Waals surface area contributed by atoms with Crippen molar-refractivity contribution in [3.63, 3.8) is 0 Å². The van der Waals surface area contributed by atoms with Crippen molar-refractivity contribution in [2.24, 2.45) is 0 Å². The molecule has 0 aliphatic carbocycles. The van der Waals surface area contributed by atoms with Crippen molar-refractivity contribution in [3.8, 4) is 0 Å². The zero-order chi connectivity index (χ0) is 25.1. The fourth-order valence-corrected chi connectivity index (χ4v) is 4.15. The van der Waals surface area contributed by atoms with Crippen LogP contribution >= 0.6 is 0 Å². The van der Waals surface area contributed by atoms with E-state index in [0.717, 1.165) is 19.3 Å².